The second-order valence-corrected chi connectivity index (χ2v) is 9.65. The fraction of sp³-hybridized carbons (Fsp3) is 0.364. The third-order valence-corrected chi connectivity index (χ3v) is 7.19. The Bertz CT molecular complexity index is 992. The lowest BCUT2D eigenvalue weighted by molar-refractivity contribution is -0.126. The summed E-state index contributed by atoms with van der Waals surface area (Å²) in [4.78, 5) is 14.7. The van der Waals surface area contributed by atoms with Crippen LogP contribution >= 0.6 is 0 Å². The molecule has 0 aliphatic carbocycles. The first kappa shape index (κ1) is 22.0. The summed E-state index contributed by atoms with van der Waals surface area (Å²) >= 11 is 0. The monoisotopic (exact) mass is 428 g/mol. The first-order chi connectivity index (χ1) is 14.3. The Morgan fingerprint density at radius 3 is 2.23 bits per heavy atom. The molecular weight excluding hydrogens is 400 g/mol. The van der Waals surface area contributed by atoms with Crippen LogP contribution in [-0.4, -0.2) is 52.0 Å². The number of amides is 1. The normalized spacial score (nSPS) is 16.0. The van der Waals surface area contributed by atoms with Crippen LogP contribution in [0.25, 0.3) is 0 Å². The molecular formula is C22H28N4O3S. The molecule has 0 atom stereocenters. The molecule has 1 fully saturated rings. The van der Waals surface area contributed by atoms with Crippen molar-refractivity contribution in [3.8, 4) is 0 Å². The highest BCUT2D eigenvalue weighted by Gasteiger charge is 2.31. The number of sulfonamides is 1. The minimum Gasteiger partial charge on any atom is -0.378 e. The Balaban J connectivity index is 1.52. The van der Waals surface area contributed by atoms with Crippen molar-refractivity contribution in [2.75, 3.05) is 32.1 Å². The van der Waals surface area contributed by atoms with Crippen molar-refractivity contribution in [1.82, 2.24) is 9.73 Å². The topological polar surface area (TPSA) is 82.1 Å². The Morgan fingerprint density at radius 1 is 1.07 bits per heavy atom. The van der Waals surface area contributed by atoms with Crippen LogP contribution in [0.5, 0.6) is 0 Å². The molecule has 0 aromatic heterocycles. The Labute approximate surface area is 178 Å². The number of carbonyl (C=O) groups excluding carboxylic acids is 1. The van der Waals surface area contributed by atoms with E-state index in [4.69, 9.17) is 0 Å². The molecule has 2 aromatic rings. The second kappa shape index (κ2) is 9.40. The number of nitrogens with one attached hydrogen (secondary N) is 1. The number of aryl methyl sites for hydroxylation is 1. The van der Waals surface area contributed by atoms with Crippen LogP contribution in [0.2, 0.25) is 0 Å². The van der Waals surface area contributed by atoms with E-state index in [1.54, 1.807) is 30.5 Å². The van der Waals surface area contributed by atoms with E-state index in [1.165, 1.54) is 4.31 Å². The van der Waals surface area contributed by atoms with E-state index in [9.17, 15) is 13.2 Å². The number of hydrogen-bond acceptors (Lipinski definition) is 5. The van der Waals surface area contributed by atoms with E-state index < -0.39 is 10.0 Å². The van der Waals surface area contributed by atoms with Crippen LogP contribution in [0, 0.1) is 12.8 Å². The molecule has 30 heavy (non-hydrogen) atoms. The Kier molecular flexibility index (Phi) is 6.89. The zero-order chi connectivity index (χ0) is 21.7. The fourth-order valence-electron chi connectivity index (χ4n) is 3.34. The van der Waals surface area contributed by atoms with Crippen LogP contribution in [0.1, 0.15) is 24.0 Å². The summed E-state index contributed by atoms with van der Waals surface area (Å²) in [5.74, 6) is -0.425. The molecule has 0 unspecified atom stereocenters. The summed E-state index contributed by atoms with van der Waals surface area (Å²) in [6.07, 6.45) is 2.56. The molecule has 0 bridgehead atoms. The van der Waals surface area contributed by atoms with Crippen molar-refractivity contribution in [3.05, 3.63) is 59.7 Å². The molecule has 160 valence electrons. The van der Waals surface area contributed by atoms with Gasteiger partial charge in [0.15, 0.2) is 0 Å². The molecule has 1 N–H and O–H groups in total. The maximum absolute atomic E-state index is 12.8. The maximum atomic E-state index is 12.8. The maximum Gasteiger partial charge on any atom is 0.243 e. The minimum atomic E-state index is -3.52. The molecule has 1 aliphatic rings. The molecule has 1 aliphatic heterocycles. The number of hydrazone groups is 1. The summed E-state index contributed by atoms with van der Waals surface area (Å²) in [7, 11) is 0.424. The zero-order valence-electron chi connectivity index (χ0n) is 17.6. The summed E-state index contributed by atoms with van der Waals surface area (Å²) < 4.78 is 27.0. The smallest absolute Gasteiger partial charge is 0.243 e. The van der Waals surface area contributed by atoms with Gasteiger partial charge >= 0.3 is 0 Å². The average molecular weight is 429 g/mol. The van der Waals surface area contributed by atoms with Gasteiger partial charge in [-0.05, 0) is 49.6 Å². The number of carbonyl (C=O) groups is 1. The summed E-state index contributed by atoms with van der Waals surface area (Å²) in [6, 6.07) is 14.7. The lowest BCUT2D eigenvalue weighted by Crippen LogP contribution is -2.42. The van der Waals surface area contributed by atoms with E-state index in [2.05, 4.69) is 10.5 Å². The standard InChI is InChI=1S/C22H28N4O3S/c1-17-4-10-21(11-5-17)30(28,29)26-14-12-19(13-15-26)22(27)24-23-16-18-6-8-20(9-7-18)25(2)3/h4-11,16,19H,12-15H2,1-3H3,(H,24,27)/b23-16+. The van der Waals surface area contributed by atoms with E-state index in [1.807, 2.05) is 50.2 Å². The molecule has 1 saturated heterocycles. The number of nitrogens with zero attached hydrogens (tertiary/aromatic N) is 3. The lowest BCUT2D eigenvalue weighted by Gasteiger charge is -2.30. The molecule has 3 rings (SSSR count). The van der Waals surface area contributed by atoms with Gasteiger partial charge in [0, 0.05) is 38.8 Å². The third kappa shape index (κ3) is 5.25. The molecule has 8 heteroatoms. The first-order valence-electron chi connectivity index (χ1n) is 9.94. The SMILES string of the molecule is Cc1ccc(S(=O)(=O)N2CCC(C(=O)N/N=C/c3ccc(N(C)C)cc3)CC2)cc1. The first-order valence-corrected chi connectivity index (χ1v) is 11.4. The molecule has 0 saturated carbocycles. The van der Waals surface area contributed by atoms with Gasteiger partial charge in [-0.25, -0.2) is 13.8 Å². The van der Waals surface area contributed by atoms with Gasteiger partial charge in [0.2, 0.25) is 15.9 Å². The molecule has 0 spiro atoms. The van der Waals surface area contributed by atoms with Crippen molar-refractivity contribution >= 4 is 27.8 Å². The quantitative estimate of drug-likeness (QED) is 0.566. The van der Waals surface area contributed by atoms with Crippen LogP contribution in [-0.2, 0) is 14.8 Å². The van der Waals surface area contributed by atoms with Gasteiger partial charge in [-0.2, -0.15) is 9.41 Å². The average Bonchev–Trinajstić information content (AvgIpc) is 2.74. The molecule has 1 heterocycles. The summed E-state index contributed by atoms with van der Waals surface area (Å²) in [6.45, 7) is 2.57. The molecule has 0 radical (unpaired) electrons. The van der Waals surface area contributed by atoms with E-state index >= 15 is 0 Å². The number of rotatable bonds is 6. The summed E-state index contributed by atoms with van der Waals surface area (Å²) in [5.41, 5.74) is 5.57. The van der Waals surface area contributed by atoms with Gasteiger partial charge in [-0.1, -0.05) is 29.8 Å². The largest absolute Gasteiger partial charge is 0.378 e. The predicted octanol–water partition coefficient (Wildman–Crippen LogP) is 2.61. The number of anilines is 1. The predicted molar refractivity (Wildman–Crippen MR) is 119 cm³/mol. The minimum absolute atomic E-state index is 0.177. The summed E-state index contributed by atoms with van der Waals surface area (Å²) in [5, 5.41) is 4.04. The number of benzene rings is 2. The van der Waals surface area contributed by atoms with Gasteiger partial charge in [0.1, 0.15) is 0 Å². The van der Waals surface area contributed by atoms with Gasteiger partial charge in [-0.15, -0.1) is 0 Å². The molecule has 1 amide bonds. The third-order valence-electron chi connectivity index (χ3n) is 5.28. The highest BCUT2D eigenvalue weighted by molar-refractivity contribution is 7.89. The molecule has 2 aromatic carbocycles. The van der Waals surface area contributed by atoms with Crippen molar-refractivity contribution in [2.45, 2.75) is 24.7 Å². The lowest BCUT2D eigenvalue weighted by atomic mass is 9.98. The highest BCUT2D eigenvalue weighted by Crippen LogP contribution is 2.24. The van der Waals surface area contributed by atoms with Gasteiger partial charge in [0.25, 0.3) is 0 Å². The zero-order valence-corrected chi connectivity index (χ0v) is 18.4. The van der Waals surface area contributed by atoms with Crippen LogP contribution in [0.15, 0.2) is 58.5 Å². The number of hydrogen-bond donors (Lipinski definition) is 1. The molecule has 7 nitrogen and oxygen atoms in total. The number of piperidine rings is 1. The fourth-order valence-corrected chi connectivity index (χ4v) is 4.81. The van der Waals surface area contributed by atoms with E-state index in [0.717, 1.165) is 16.8 Å². The van der Waals surface area contributed by atoms with Crippen molar-refractivity contribution < 1.29 is 13.2 Å². The van der Waals surface area contributed by atoms with E-state index in [-0.39, 0.29) is 11.8 Å². The highest BCUT2D eigenvalue weighted by atomic mass is 32.2. The van der Waals surface area contributed by atoms with Crippen LogP contribution < -0.4 is 10.3 Å². The van der Waals surface area contributed by atoms with Gasteiger partial charge in [-0.3, -0.25) is 4.79 Å². The Hall–Kier alpha value is -2.71. The van der Waals surface area contributed by atoms with Crippen LogP contribution in [0.3, 0.4) is 0 Å². The van der Waals surface area contributed by atoms with Gasteiger partial charge < -0.3 is 4.90 Å². The van der Waals surface area contributed by atoms with Gasteiger partial charge in [0.05, 0.1) is 11.1 Å². The Morgan fingerprint density at radius 2 is 1.67 bits per heavy atom. The van der Waals surface area contributed by atoms with Crippen molar-refractivity contribution in [1.29, 1.82) is 0 Å². The second-order valence-electron chi connectivity index (χ2n) is 7.71. The van der Waals surface area contributed by atoms with E-state index in [0.29, 0.717) is 30.8 Å². The van der Waals surface area contributed by atoms with Crippen molar-refractivity contribution in [3.63, 3.8) is 0 Å². The van der Waals surface area contributed by atoms with Crippen molar-refractivity contribution in [2.24, 2.45) is 11.0 Å². The van der Waals surface area contributed by atoms with Crippen LogP contribution in [0.4, 0.5) is 5.69 Å².